The van der Waals surface area contributed by atoms with Crippen molar-refractivity contribution < 1.29 is 8.78 Å². The number of unbranched alkanes of at least 4 members (excludes halogenated alkanes) is 4. The standard InChI is InChI=1S/C30H44F2/c1-3-5-6-7-8-10-22-12-14-26-20-28(30(32)29(31)27(26)18-22)25-16-15-23-17-21(9-4-2)11-13-24(23)19-25/h4,9,20-25H,3,5-8,10-19H2,1-2H3/b9-4+. The summed E-state index contributed by atoms with van der Waals surface area (Å²) in [4.78, 5) is 0. The zero-order chi connectivity index (χ0) is 22.5. The van der Waals surface area contributed by atoms with E-state index in [0.717, 1.165) is 49.5 Å². The number of fused-ring (bicyclic) bond motifs is 2. The molecule has 0 saturated heterocycles. The van der Waals surface area contributed by atoms with Crippen LogP contribution in [0.2, 0.25) is 0 Å². The Morgan fingerprint density at radius 1 is 0.906 bits per heavy atom. The molecule has 0 aromatic heterocycles. The summed E-state index contributed by atoms with van der Waals surface area (Å²) in [6, 6.07) is 2.08. The van der Waals surface area contributed by atoms with Crippen LogP contribution < -0.4 is 0 Å². The van der Waals surface area contributed by atoms with Crippen LogP contribution >= 0.6 is 0 Å². The molecule has 0 nitrogen and oxygen atoms in total. The van der Waals surface area contributed by atoms with Crippen molar-refractivity contribution in [2.24, 2.45) is 23.7 Å². The van der Waals surface area contributed by atoms with Gasteiger partial charge in [0.25, 0.3) is 0 Å². The summed E-state index contributed by atoms with van der Waals surface area (Å²) in [5.41, 5.74) is 2.52. The third kappa shape index (κ3) is 5.48. The highest BCUT2D eigenvalue weighted by Gasteiger charge is 2.37. The molecule has 0 bridgehead atoms. The Morgan fingerprint density at radius 3 is 2.50 bits per heavy atom. The van der Waals surface area contributed by atoms with Crippen molar-refractivity contribution in [2.45, 2.75) is 116 Å². The van der Waals surface area contributed by atoms with Gasteiger partial charge < -0.3 is 0 Å². The van der Waals surface area contributed by atoms with Crippen molar-refractivity contribution in [3.8, 4) is 0 Å². The van der Waals surface area contributed by atoms with Gasteiger partial charge in [-0.25, -0.2) is 8.78 Å². The third-order valence-electron chi connectivity index (χ3n) is 9.02. The van der Waals surface area contributed by atoms with Gasteiger partial charge in [0.2, 0.25) is 0 Å². The van der Waals surface area contributed by atoms with Crippen molar-refractivity contribution in [3.05, 3.63) is 46.5 Å². The quantitative estimate of drug-likeness (QED) is 0.278. The Kier molecular flexibility index (Phi) is 8.46. The van der Waals surface area contributed by atoms with E-state index in [9.17, 15) is 0 Å². The van der Waals surface area contributed by atoms with Crippen LogP contribution in [0.25, 0.3) is 0 Å². The highest BCUT2D eigenvalue weighted by atomic mass is 19.2. The molecule has 0 N–H and O–H groups in total. The molecule has 0 aliphatic heterocycles. The Hall–Kier alpha value is -1.18. The number of benzene rings is 1. The van der Waals surface area contributed by atoms with Crippen LogP contribution in [0.15, 0.2) is 18.2 Å². The van der Waals surface area contributed by atoms with Crippen LogP contribution in [0, 0.1) is 35.3 Å². The summed E-state index contributed by atoms with van der Waals surface area (Å²) >= 11 is 0. The Bertz CT molecular complexity index is 780. The fraction of sp³-hybridized carbons (Fsp3) is 0.733. The Balaban J connectivity index is 1.39. The zero-order valence-electron chi connectivity index (χ0n) is 20.5. The van der Waals surface area contributed by atoms with Crippen LogP contribution in [-0.2, 0) is 12.8 Å². The van der Waals surface area contributed by atoms with Gasteiger partial charge in [-0.1, -0.05) is 63.7 Å². The molecule has 32 heavy (non-hydrogen) atoms. The minimum atomic E-state index is -0.515. The fourth-order valence-electron chi connectivity index (χ4n) is 7.17. The lowest BCUT2D eigenvalue weighted by Crippen LogP contribution is -2.30. The van der Waals surface area contributed by atoms with Gasteiger partial charge in [0.15, 0.2) is 11.6 Å². The lowest BCUT2D eigenvalue weighted by molar-refractivity contribution is 0.132. The smallest absolute Gasteiger partial charge is 0.162 e. The largest absolute Gasteiger partial charge is 0.203 e. The zero-order valence-corrected chi connectivity index (χ0v) is 20.5. The number of allylic oxidation sites excluding steroid dienone is 2. The van der Waals surface area contributed by atoms with Crippen LogP contribution in [0.1, 0.15) is 120 Å². The maximum atomic E-state index is 15.3. The van der Waals surface area contributed by atoms with Gasteiger partial charge in [0.1, 0.15) is 0 Å². The van der Waals surface area contributed by atoms with E-state index in [1.165, 1.54) is 64.2 Å². The van der Waals surface area contributed by atoms with Gasteiger partial charge >= 0.3 is 0 Å². The fourth-order valence-corrected chi connectivity index (χ4v) is 7.17. The highest BCUT2D eigenvalue weighted by Crippen LogP contribution is 2.49. The second-order valence-electron chi connectivity index (χ2n) is 11.2. The molecule has 5 atom stereocenters. The summed E-state index contributed by atoms with van der Waals surface area (Å²) in [6.07, 6.45) is 22.1. The monoisotopic (exact) mass is 442 g/mol. The van der Waals surface area contributed by atoms with E-state index >= 15 is 8.78 Å². The van der Waals surface area contributed by atoms with Gasteiger partial charge in [0, 0.05) is 0 Å². The van der Waals surface area contributed by atoms with E-state index in [4.69, 9.17) is 0 Å². The molecule has 2 heteroatoms. The molecule has 0 amide bonds. The van der Waals surface area contributed by atoms with E-state index in [-0.39, 0.29) is 5.92 Å². The molecular weight excluding hydrogens is 398 g/mol. The normalized spacial score (nSPS) is 30.3. The maximum absolute atomic E-state index is 15.3. The number of halogens is 2. The molecule has 3 aliphatic rings. The Morgan fingerprint density at radius 2 is 1.69 bits per heavy atom. The number of aryl methyl sites for hydroxylation is 1. The summed E-state index contributed by atoms with van der Waals surface area (Å²) in [7, 11) is 0. The number of rotatable bonds is 8. The lowest BCUT2D eigenvalue weighted by Gasteiger charge is -2.42. The van der Waals surface area contributed by atoms with E-state index < -0.39 is 11.6 Å². The molecule has 1 aromatic carbocycles. The first-order valence-electron chi connectivity index (χ1n) is 13.7. The SMILES string of the molecule is C/C=C/C1CCC2CC(c3cc4c(c(F)c3F)CC(CCCCCCC)CC4)CCC2C1. The predicted molar refractivity (Wildman–Crippen MR) is 131 cm³/mol. The first-order valence-corrected chi connectivity index (χ1v) is 13.7. The van der Waals surface area contributed by atoms with Crippen LogP contribution in [-0.4, -0.2) is 0 Å². The minimum absolute atomic E-state index is 0.214. The van der Waals surface area contributed by atoms with Crippen LogP contribution in [0.3, 0.4) is 0 Å². The summed E-state index contributed by atoms with van der Waals surface area (Å²) < 4.78 is 30.5. The topological polar surface area (TPSA) is 0 Å². The van der Waals surface area contributed by atoms with Gasteiger partial charge in [-0.2, -0.15) is 0 Å². The number of hydrogen-bond acceptors (Lipinski definition) is 0. The van der Waals surface area contributed by atoms with Gasteiger partial charge in [-0.05, 0) is 111 Å². The molecule has 5 unspecified atom stereocenters. The molecule has 178 valence electrons. The van der Waals surface area contributed by atoms with Gasteiger partial charge in [-0.3, -0.25) is 0 Å². The highest BCUT2D eigenvalue weighted by molar-refractivity contribution is 5.38. The van der Waals surface area contributed by atoms with E-state index in [0.29, 0.717) is 23.0 Å². The van der Waals surface area contributed by atoms with Crippen molar-refractivity contribution in [3.63, 3.8) is 0 Å². The maximum Gasteiger partial charge on any atom is 0.162 e. The molecule has 2 saturated carbocycles. The lowest BCUT2D eigenvalue weighted by atomic mass is 9.63. The van der Waals surface area contributed by atoms with Crippen LogP contribution in [0.4, 0.5) is 8.78 Å². The summed E-state index contributed by atoms with van der Waals surface area (Å²) in [5.74, 6) is 1.94. The first-order chi connectivity index (χ1) is 15.6. The predicted octanol–water partition coefficient (Wildman–Crippen LogP) is 9.31. The first kappa shape index (κ1) is 24.0. The minimum Gasteiger partial charge on any atom is -0.203 e. The van der Waals surface area contributed by atoms with E-state index in [1.54, 1.807) is 0 Å². The van der Waals surface area contributed by atoms with Crippen molar-refractivity contribution in [1.29, 1.82) is 0 Å². The molecule has 0 spiro atoms. The van der Waals surface area contributed by atoms with Crippen LogP contribution in [0.5, 0.6) is 0 Å². The summed E-state index contributed by atoms with van der Waals surface area (Å²) in [6.45, 7) is 4.36. The summed E-state index contributed by atoms with van der Waals surface area (Å²) in [5, 5.41) is 0. The van der Waals surface area contributed by atoms with Gasteiger partial charge in [-0.15, -0.1) is 0 Å². The van der Waals surface area contributed by atoms with Crippen molar-refractivity contribution >= 4 is 0 Å². The van der Waals surface area contributed by atoms with Gasteiger partial charge in [0.05, 0.1) is 0 Å². The van der Waals surface area contributed by atoms with Crippen molar-refractivity contribution in [1.82, 2.24) is 0 Å². The molecule has 2 fully saturated rings. The second kappa shape index (κ2) is 11.3. The Labute approximate surface area is 195 Å². The van der Waals surface area contributed by atoms with E-state index in [1.807, 2.05) is 0 Å². The molecule has 3 aliphatic carbocycles. The van der Waals surface area contributed by atoms with E-state index in [2.05, 4.69) is 32.1 Å². The van der Waals surface area contributed by atoms with Crippen molar-refractivity contribution in [2.75, 3.05) is 0 Å². The molecule has 1 aromatic rings. The molecule has 4 rings (SSSR count). The number of hydrogen-bond donors (Lipinski definition) is 0. The second-order valence-corrected chi connectivity index (χ2v) is 11.2. The third-order valence-corrected chi connectivity index (χ3v) is 9.02. The average molecular weight is 443 g/mol. The molecule has 0 radical (unpaired) electrons. The molecule has 0 heterocycles. The molecular formula is C30H44F2. The average Bonchev–Trinajstić information content (AvgIpc) is 2.81.